The first kappa shape index (κ1) is 18.0. The molecule has 3 amide bonds. The van der Waals surface area contributed by atoms with Gasteiger partial charge in [-0.15, -0.1) is 0 Å². The van der Waals surface area contributed by atoms with Gasteiger partial charge in [-0.2, -0.15) is 5.26 Å². The zero-order valence-electron chi connectivity index (χ0n) is 15.2. The van der Waals surface area contributed by atoms with E-state index in [9.17, 15) is 14.9 Å². The summed E-state index contributed by atoms with van der Waals surface area (Å²) >= 11 is 0. The second-order valence-electron chi connectivity index (χ2n) is 8.09. The maximum absolute atomic E-state index is 12.9. The molecule has 24 heavy (non-hydrogen) atoms. The van der Waals surface area contributed by atoms with Crippen LogP contribution in [-0.2, 0) is 16.8 Å². The van der Waals surface area contributed by atoms with E-state index in [4.69, 9.17) is 0 Å². The molecule has 0 aromatic heterocycles. The molecule has 0 saturated carbocycles. The lowest BCUT2D eigenvalue weighted by atomic mass is 9.75. The molecule has 1 aromatic carbocycles. The van der Waals surface area contributed by atoms with Crippen molar-refractivity contribution in [3.63, 3.8) is 0 Å². The molecule has 0 radical (unpaired) electrons. The molecule has 1 heterocycles. The minimum Gasteiger partial charge on any atom is -0.323 e. The highest BCUT2D eigenvalue weighted by atomic mass is 16.2. The van der Waals surface area contributed by atoms with E-state index in [1.54, 1.807) is 6.92 Å². The second-order valence-corrected chi connectivity index (χ2v) is 8.09. The Hall–Kier alpha value is -2.35. The van der Waals surface area contributed by atoms with Crippen LogP contribution in [0.25, 0.3) is 0 Å². The SMILES string of the molecule is CC(C)(C#N)c1ccccc1CN1C(=O)NC(C)(C(C)(C)C)C1=O. The number of amides is 3. The Morgan fingerprint density at radius 1 is 1.17 bits per heavy atom. The summed E-state index contributed by atoms with van der Waals surface area (Å²) < 4.78 is 0. The molecule has 0 aliphatic carbocycles. The monoisotopic (exact) mass is 327 g/mol. The number of carbonyl (C=O) groups excluding carboxylic acids is 2. The highest BCUT2D eigenvalue weighted by molar-refractivity contribution is 6.07. The van der Waals surface area contributed by atoms with Gasteiger partial charge >= 0.3 is 6.03 Å². The van der Waals surface area contributed by atoms with Crippen molar-refractivity contribution in [1.29, 1.82) is 5.26 Å². The summed E-state index contributed by atoms with van der Waals surface area (Å²) in [6, 6.07) is 9.35. The van der Waals surface area contributed by atoms with Crippen molar-refractivity contribution in [2.75, 3.05) is 0 Å². The average Bonchev–Trinajstić information content (AvgIpc) is 2.72. The fourth-order valence-electron chi connectivity index (χ4n) is 2.85. The van der Waals surface area contributed by atoms with Gasteiger partial charge in [0.05, 0.1) is 18.0 Å². The average molecular weight is 327 g/mol. The Morgan fingerprint density at radius 3 is 2.25 bits per heavy atom. The van der Waals surface area contributed by atoms with E-state index in [2.05, 4.69) is 11.4 Å². The number of urea groups is 1. The zero-order chi connectivity index (χ0) is 18.3. The maximum atomic E-state index is 12.9. The minimum absolute atomic E-state index is 0.164. The van der Waals surface area contributed by atoms with Gasteiger partial charge in [-0.05, 0) is 37.3 Å². The van der Waals surface area contributed by atoms with Gasteiger partial charge in [-0.25, -0.2) is 4.79 Å². The summed E-state index contributed by atoms with van der Waals surface area (Å²) in [5.74, 6) is -0.232. The fourth-order valence-corrected chi connectivity index (χ4v) is 2.85. The molecule has 128 valence electrons. The van der Waals surface area contributed by atoms with E-state index in [0.29, 0.717) is 0 Å². The first-order valence-electron chi connectivity index (χ1n) is 8.08. The molecular weight excluding hydrogens is 302 g/mol. The first-order chi connectivity index (χ1) is 10.9. The predicted octanol–water partition coefficient (Wildman–Crippen LogP) is 3.34. The smallest absolute Gasteiger partial charge is 0.323 e. The van der Waals surface area contributed by atoms with Gasteiger partial charge in [-0.3, -0.25) is 9.69 Å². The number of nitrogens with one attached hydrogen (secondary N) is 1. The van der Waals surface area contributed by atoms with Crippen LogP contribution in [0.4, 0.5) is 4.79 Å². The molecule has 5 nitrogen and oxygen atoms in total. The number of nitrogens with zero attached hydrogens (tertiary/aromatic N) is 2. The Labute approximate surface area is 143 Å². The third kappa shape index (κ3) is 2.77. The fraction of sp³-hybridized carbons (Fsp3) is 0.526. The quantitative estimate of drug-likeness (QED) is 0.865. The molecule has 1 saturated heterocycles. The van der Waals surface area contributed by atoms with Crippen molar-refractivity contribution in [1.82, 2.24) is 10.2 Å². The van der Waals surface area contributed by atoms with Crippen LogP contribution in [0.5, 0.6) is 0 Å². The molecule has 1 atom stereocenters. The number of imide groups is 1. The molecule has 1 aliphatic heterocycles. The van der Waals surface area contributed by atoms with Crippen LogP contribution < -0.4 is 5.32 Å². The van der Waals surface area contributed by atoms with Gasteiger partial charge < -0.3 is 5.32 Å². The highest BCUT2D eigenvalue weighted by Gasteiger charge is 2.54. The normalized spacial score (nSPS) is 21.6. The number of nitriles is 1. The van der Waals surface area contributed by atoms with Gasteiger partial charge in [0.25, 0.3) is 5.91 Å². The molecule has 1 fully saturated rings. The number of hydrogen-bond donors (Lipinski definition) is 1. The second kappa shape index (κ2) is 5.62. The van der Waals surface area contributed by atoms with Crippen molar-refractivity contribution in [2.45, 2.75) is 59.0 Å². The van der Waals surface area contributed by atoms with Gasteiger partial charge in [0.15, 0.2) is 0 Å². The van der Waals surface area contributed by atoms with E-state index < -0.39 is 16.4 Å². The van der Waals surface area contributed by atoms with E-state index >= 15 is 0 Å². The third-order valence-corrected chi connectivity index (χ3v) is 5.07. The Kier molecular flexibility index (Phi) is 4.22. The van der Waals surface area contributed by atoms with Crippen LogP contribution in [0.3, 0.4) is 0 Å². The Balaban J connectivity index is 2.39. The predicted molar refractivity (Wildman–Crippen MR) is 92.0 cm³/mol. The van der Waals surface area contributed by atoms with Crippen LogP contribution >= 0.6 is 0 Å². The summed E-state index contributed by atoms with van der Waals surface area (Å²) in [6.07, 6.45) is 0. The highest BCUT2D eigenvalue weighted by Crippen LogP contribution is 2.36. The van der Waals surface area contributed by atoms with Crippen LogP contribution in [-0.4, -0.2) is 22.4 Å². The van der Waals surface area contributed by atoms with Crippen LogP contribution in [0.2, 0.25) is 0 Å². The number of benzene rings is 1. The Morgan fingerprint density at radius 2 is 1.75 bits per heavy atom. The van der Waals surface area contributed by atoms with E-state index in [1.807, 2.05) is 58.9 Å². The molecule has 1 aromatic rings. The molecule has 5 heteroatoms. The summed E-state index contributed by atoms with van der Waals surface area (Å²) in [5, 5.41) is 12.3. The first-order valence-corrected chi connectivity index (χ1v) is 8.08. The van der Waals surface area contributed by atoms with E-state index in [-0.39, 0.29) is 18.5 Å². The number of carbonyl (C=O) groups is 2. The van der Waals surface area contributed by atoms with Crippen molar-refractivity contribution < 1.29 is 9.59 Å². The minimum atomic E-state index is -0.941. The summed E-state index contributed by atoms with van der Waals surface area (Å²) in [5.41, 5.74) is -0.393. The Bertz CT molecular complexity index is 725. The molecule has 1 unspecified atom stereocenters. The van der Waals surface area contributed by atoms with E-state index in [1.165, 1.54) is 4.90 Å². The number of rotatable bonds is 3. The standard InChI is InChI=1S/C19H25N3O2/c1-17(2,3)19(6)15(23)22(16(24)21-19)11-13-9-7-8-10-14(13)18(4,5)12-20/h7-10H,11H2,1-6H3,(H,21,24). The largest absolute Gasteiger partial charge is 0.325 e. The summed E-state index contributed by atoms with van der Waals surface area (Å²) in [7, 11) is 0. The van der Waals surface area contributed by atoms with Gasteiger partial charge in [0.1, 0.15) is 5.54 Å². The summed E-state index contributed by atoms with van der Waals surface area (Å²) in [4.78, 5) is 26.6. The summed E-state index contributed by atoms with van der Waals surface area (Å²) in [6.45, 7) is 11.4. The van der Waals surface area contributed by atoms with Gasteiger partial charge in [-0.1, -0.05) is 45.0 Å². The van der Waals surface area contributed by atoms with Crippen molar-refractivity contribution in [2.24, 2.45) is 5.41 Å². The van der Waals surface area contributed by atoms with Gasteiger partial charge in [0.2, 0.25) is 0 Å². The third-order valence-electron chi connectivity index (χ3n) is 5.07. The van der Waals surface area contributed by atoms with Crippen LogP contribution in [0.1, 0.15) is 52.7 Å². The lowest BCUT2D eigenvalue weighted by Crippen LogP contribution is -2.54. The number of hydrogen-bond acceptors (Lipinski definition) is 3. The zero-order valence-corrected chi connectivity index (χ0v) is 15.2. The molecule has 2 rings (SSSR count). The van der Waals surface area contributed by atoms with Crippen LogP contribution in [0.15, 0.2) is 24.3 Å². The van der Waals surface area contributed by atoms with Crippen molar-refractivity contribution in [3.8, 4) is 6.07 Å². The van der Waals surface area contributed by atoms with Crippen molar-refractivity contribution in [3.05, 3.63) is 35.4 Å². The lowest BCUT2D eigenvalue weighted by Gasteiger charge is -2.35. The molecule has 1 aliphatic rings. The molecule has 1 N–H and O–H groups in total. The maximum Gasteiger partial charge on any atom is 0.325 e. The molecular formula is C19H25N3O2. The van der Waals surface area contributed by atoms with E-state index in [0.717, 1.165) is 11.1 Å². The molecule has 0 bridgehead atoms. The van der Waals surface area contributed by atoms with Crippen LogP contribution in [0, 0.1) is 16.7 Å². The lowest BCUT2D eigenvalue weighted by molar-refractivity contribution is -0.134. The molecule has 0 spiro atoms. The van der Waals surface area contributed by atoms with Gasteiger partial charge in [0, 0.05) is 0 Å². The van der Waals surface area contributed by atoms with Crippen molar-refractivity contribution >= 4 is 11.9 Å². The topological polar surface area (TPSA) is 73.2 Å².